The molecule has 0 unspecified atom stereocenters. The molecule has 0 aliphatic carbocycles. The minimum absolute atomic E-state index is 0.148. The quantitative estimate of drug-likeness (QED) is 0.241. The van der Waals surface area contributed by atoms with E-state index >= 15 is 0 Å². The third-order valence-electron chi connectivity index (χ3n) is 5.83. The molecule has 4 aromatic rings. The van der Waals surface area contributed by atoms with Gasteiger partial charge in [-0.25, -0.2) is 9.78 Å². The molecule has 0 saturated carbocycles. The number of fused-ring (bicyclic) bond motifs is 1. The van der Waals surface area contributed by atoms with Crippen molar-refractivity contribution in [3.8, 4) is 35.2 Å². The van der Waals surface area contributed by atoms with E-state index in [1.807, 2.05) is 36.4 Å². The summed E-state index contributed by atoms with van der Waals surface area (Å²) in [6.07, 6.45) is 7.03. The maximum Gasteiger partial charge on any atom is 0.348 e. The molecule has 7 heteroatoms. The fourth-order valence-corrected chi connectivity index (χ4v) is 3.94. The molecule has 0 fully saturated rings. The Balaban J connectivity index is 1.83. The van der Waals surface area contributed by atoms with Crippen molar-refractivity contribution in [2.45, 2.75) is 26.3 Å². The van der Waals surface area contributed by atoms with E-state index in [2.05, 4.69) is 41.9 Å². The predicted octanol–water partition coefficient (Wildman–Crippen LogP) is 4.67. The number of methoxy groups -OCH3 is 1. The van der Waals surface area contributed by atoms with Crippen molar-refractivity contribution in [3.63, 3.8) is 0 Å². The van der Waals surface area contributed by atoms with Crippen LogP contribution in [-0.2, 0) is 11.3 Å². The van der Waals surface area contributed by atoms with Gasteiger partial charge in [-0.15, -0.1) is 6.42 Å². The number of hydrogen-bond acceptors (Lipinski definition) is 6. The molecule has 2 aromatic heterocycles. The predicted molar refractivity (Wildman–Crippen MR) is 141 cm³/mol. The van der Waals surface area contributed by atoms with E-state index in [1.54, 1.807) is 23.9 Å². The van der Waals surface area contributed by atoms with E-state index in [9.17, 15) is 4.79 Å². The molecular formula is C29H29N3O4. The van der Waals surface area contributed by atoms with Gasteiger partial charge in [0.2, 0.25) is 5.88 Å². The van der Waals surface area contributed by atoms with Crippen molar-refractivity contribution in [2.75, 3.05) is 26.9 Å². The zero-order valence-corrected chi connectivity index (χ0v) is 20.7. The van der Waals surface area contributed by atoms with E-state index in [0.29, 0.717) is 36.5 Å². The molecule has 2 aromatic carbocycles. The molecule has 0 aliphatic heterocycles. The van der Waals surface area contributed by atoms with Crippen LogP contribution in [-0.4, -0.2) is 41.5 Å². The standard InChI is InChI=1S/C29H29N3O4/c1-5-15-35-24-12-13-26-25(18-24)27(22-10-8-21(9-11-22)20(2)3)31-29(33)32(26)19-23-7-6-14-30-28(23)36-17-16-34-4/h1,6-14,18,20H,15-17,19H2,2-4H3. The number of benzene rings is 2. The molecule has 0 N–H and O–H groups in total. The summed E-state index contributed by atoms with van der Waals surface area (Å²) in [6, 6.07) is 17.4. The van der Waals surface area contributed by atoms with E-state index in [0.717, 1.165) is 22.0 Å². The fourth-order valence-electron chi connectivity index (χ4n) is 3.94. The largest absolute Gasteiger partial charge is 0.481 e. The van der Waals surface area contributed by atoms with Crippen LogP contribution in [0.5, 0.6) is 11.6 Å². The lowest BCUT2D eigenvalue weighted by molar-refractivity contribution is 0.143. The lowest BCUT2D eigenvalue weighted by Gasteiger charge is -2.16. The first kappa shape index (κ1) is 25.0. The van der Waals surface area contributed by atoms with Crippen LogP contribution in [0.3, 0.4) is 0 Å². The molecule has 0 bridgehead atoms. The Hall–Kier alpha value is -4.15. The molecule has 0 saturated heterocycles. The van der Waals surface area contributed by atoms with Crippen LogP contribution < -0.4 is 15.2 Å². The van der Waals surface area contributed by atoms with Crippen LogP contribution in [0.2, 0.25) is 0 Å². The summed E-state index contributed by atoms with van der Waals surface area (Å²) in [5.41, 5.74) is 3.78. The van der Waals surface area contributed by atoms with Gasteiger partial charge in [-0.05, 0) is 35.7 Å². The molecule has 4 rings (SSSR count). The fraction of sp³-hybridized carbons (Fsp3) is 0.276. The second kappa shape index (κ2) is 11.5. The number of pyridine rings is 1. The lowest BCUT2D eigenvalue weighted by Crippen LogP contribution is -2.25. The van der Waals surface area contributed by atoms with Gasteiger partial charge < -0.3 is 14.2 Å². The van der Waals surface area contributed by atoms with Crippen LogP contribution in [0.15, 0.2) is 65.6 Å². The average molecular weight is 484 g/mol. The highest BCUT2D eigenvalue weighted by Gasteiger charge is 2.16. The minimum Gasteiger partial charge on any atom is -0.481 e. The maximum atomic E-state index is 13.3. The van der Waals surface area contributed by atoms with Crippen LogP contribution in [0.4, 0.5) is 0 Å². The Morgan fingerprint density at radius 1 is 1.06 bits per heavy atom. The Morgan fingerprint density at radius 2 is 1.86 bits per heavy atom. The molecule has 0 radical (unpaired) electrons. The number of ether oxygens (including phenoxy) is 3. The SMILES string of the molecule is C#CCOc1ccc2c(c1)c(-c1ccc(C(C)C)cc1)nc(=O)n2Cc1cccnc1OCCOC. The van der Waals surface area contributed by atoms with Crippen molar-refractivity contribution in [3.05, 3.63) is 82.4 Å². The summed E-state index contributed by atoms with van der Waals surface area (Å²) >= 11 is 0. The van der Waals surface area contributed by atoms with E-state index in [4.69, 9.17) is 20.6 Å². The van der Waals surface area contributed by atoms with Crippen molar-refractivity contribution in [1.29, 1.82) is 0 Å². The second-order valence-corrected chi connectivity index (χ2v) is 8.59. The summed E-state index contributed by atoms with van der Waals surface area (Å²) in [4.78, 5) is 22.2. The molecule has 7 nitrogen and oxygen atoms in total. The number of hydrogen-bond donors (Lipinski definition) is 0. The van der Waals surface area contributed by atoms with Crippen LogP contribution in [0, 0.1) is 12.3 Å². The monoisotopic (exact) mass is 483 g/mol. The van der Waals surface area contributed by atoms with Crippen LogP contribution in [0.25, 0.3) is 22.2 Å². The topological polar surface area (TPSA) is 75.5 Å². The molecule has 0 atom stereocenters. The molecule has 36 heavy (non-hydrogen) atoms. The van der Waals surface area contributed by atoms with Gasteiger partial charge in [0.05, 0.1) is 24.4 Å². The molecular weight excluding hydrogens is 454 g/mol. The van der Waals surface area contributed by atoms with Crippen LogP contribution in [0.1, 0.15) is 30.9 Å². The van der Waals surface area contributed by atoms with E-state index in [-0.39, 0.29) is 18.8 Å². The first-order chi connectivity index (χ1) is 17.5. The van der Waals surface area contributed by atoms with Gasteiger partial charge in [0.25, 0.3) is 0 Å². The molecule has 184 valence electrons. The van der Waals surface area contributed by atoms with Crippen molar-refractivity contribution < 1.29 is 14.2 Å². The molecule has 0 amide bonds. The van der Waals surface area contributed by atoms with E-state index < -0.39 is 0 Å². The number of terminal acetylenes is 1. The Labute approximate surface area is 210 Å². The Morgan fingerprint density at radius 3 is 2.58 bits per heavy atom. The second-order valence-electron chi connectivity index (χ2n) is 8.59. The van der Waals surface area contributed by atoms with Crippen molar-refractivity contribution >= 4 is 10.9 Å². The Kier molecular flexibility index (Phi) is 7.99. The number of aromatic nitrogens is 3. The minimum atomic E-state index is -0.366. The summed E-state index contributed by atoms with van der Waals surface area (Å²) in [5, 5.41) is 0.784. The van der Waals surface area contributed by atoms with Gasteiger partial charge in [-0.1, -0.05) is 50.1 Å². The summed E-state index contributed by atoms with van der Waals surface area (Å²) < 4.78 is 18.1. The smallest absolute Gasteiger partial charge is 0.348 e. The molecule has 0 aliphatic rings. The summed E-state index contributed by atoms with van der Waals surface area (Å²) in [6.45, 7) is 5.47. The van der Waals surface area contributed by atoms with Crippen molar-refractivity contribution in [2.24, 2.45) is 0 Å². The third kappa shape index (κ3) is 5.56. The highest BCUT2D eigenvalue weighted by molar-refractivity contribution is 5.93. The highest BCUT2D eigenvalue weighted by atomic mass is 16.5. The normalized spacial score (nSPS) is 11.0. The van der Waals surface area contributed by atoms with Gasteiger partial charge in [-0.2, -0.15) is 4.98 Å². The Bertz CT molecular complexity index is 1440. The number of nitrogens with zero attached hydrogens (tertiary/aromatic N) is 3. The van der Waals surface area contributed by atoms with E-state index in [1.165, 1.54) is 5.56 Å². The highest BCUT2D eigenvalue weighted by Crippen LogP contribution is 2.30. The zero-order chi connectivity index (χ0) is 25.5. The zero-order valence-electron chi connectivity index (χ0n) is 20.7. The molecule has 2 heterocycles. The maximum absolute atomic E-state index is 13.3. The first-order valence-electron chi connectivity index (χ1n) is 11.8. The summed E-state index contributed by atoms with van der Waals surface area (Å²) in [7, 11) is 1.61. The van der Waals surface area contributed by atoms with Crippen molar-refractivity contribution in [1.82, 2.24) is 14.5 Å². The third-order valence-corrected chi connectivity index (χ3v) is 5.83. The van der Waals surface area contributed by atoms with Gasteiger partial charge >= 0.3 is 5.69 Å². The lowest BCUT2D eigenvalue weighted by atomic mass is 9.99. The number of rotatable bonds is 10. The van der Waals surface area contributed by atoms with Gasteiger partial charge in [0.1, 0.15) is 19.0 Å². The van der Waals surface area contributed by atoms with Gasteiger partial charge in [0.15, 0.2) is 0 Å². The van der Waals surface area contributed by atoms with Gasteiger partial charge in [-0.3, -0.25) is 4.57 Å². The van der Waals surface area contributed by atoms with Gasteiger partial charge in [0, 0.05) is 29.8 Å². The summed E-state index contributed by atoms with van der Waals surface area (Å²) in [5.74, 6) is 3.95. The first-order valence-corrected chi connectivity index (χ1v) is 11.8. The molecule has 0 spiro atoms. The average Bonchev–Trinajstić information content (AvgIpc) is 2.90. The van der Waals surface area contributed by atoms with Crippen LogP contribution >= 0.6 is 0 Å².